The molecule has 22 heavy (non-hydrogen) atoms. The average molecular weight is 297 g/mol. The Morgan fingerprint density at radius 2 is 2.00 bits per heavy atom. The molecule has 0 saturated carbocycles. The third-order valence-corrected chi connectivity index (χ3v) is 3.24. The number of ether oxygens (including phenoxy) is 1. The first kappa shape index (κ1) is 15.7. The average Bonchev–Trinajstić information content (AvgIpc) is 2.51. The summed E-state index contributed by atoms with van der Waals surface area (Å²) in [5.41, 5.74) is 13.8. The van der Waals surface area contributed by atoms with Gasteiger partial charge in [0.25, 0.3) is 0 Å². The molecule has 0 saturated heterocycles. The SMILES string of the molecule is CCCCOCc1ccccc1-c1nc(N)nc(N)c1C#N. The van der Waals surface area contributed by atoms with E-state index in [4.69, 9.17) is 16.2 Å². The second-order valence-corrected chi connectivity index (χ2v) is 4.87. The molecule has 2 rings (SSSR count). The quantitative estimate of drug-likeness (QED) is 0.792. The van der Waals surface area contributed by atoms with Crippen LogP contribution in [-0.4, -0.2) is 16.6 Å². The van der Waals surface area contributed by atoms with Crippen LogP contribution in [0.1, 0.15) is 30.9 Å². The Labute approximate surface area is 129 Å². The highest BCUT2D eigenvalue weighted by Crippen LogP contribution is 2.28. The van der Waals surface area contributed by atoms with E-state index in [-0.39, 0.29) is 17.3 Å². The van der Waals surface area contributed by atoms with E-state index in [0.717, 1.165) is 24.0 Å². The normalized spacial score (nSPS) is 10.4. The van der Waals surface area contributed by atoms with Gasteiger partial charge >= 0.3 is 0 Å². The van der Waals surface area contributed by atoms with Gasteiger partial charge in [-0.3, -0.25) is 0 Å². The molecule has 0 fully saturated rings. The van der Waals surface area contributed by atoms with Crippen LogP contribution >= 0.6 is 0 Å². The Morgan fingerprint density at radius 3 is 2.73 bits per heavy atom. The third kappa shape index (κ3) is 3.51. The molecule has 1 heterocycles. The highest BCUT2D eigenvalue weighted by molar-refractivity contribution is 5.75. The van der Waals surface area contributed by atoms with Crippen molar-refractivity contribution in [3.63, 3.8) is 0 Å². The molecule has 1 aromatic heterocycles. The van der Waals surface area contributed by atoms with Crippen LogP contribution in [-0.2, 0) is 11.3 Å². The summed E-state index contributed by atoms with van der Waals surface area (Å²) in [6.45, 7) is 3.26. The van der Waals surface area contributed by atoms with Crippen LogP contribution in [0.5, 0.6) is 0 Å². The molecular weight excluding hydrogens is 278 g/mol. The van der Waals surface area contributed by atoms with Crippen molar-refractivity contribution in [3.8, 4) is 17.3 Å². The summed E-state index contributed by atoms with van der Waals surface area (Å²) in [7, 11) is 0. The molecule has 114 valence electrons. The van der Waals surface area contributed by atoms with Gasteiger partial charge < -0.3 is 16.2 Å². The molecule has 2 aromatic rings. The fourth-order valence-corrected chi connectivity index (χ4v) is 2.11. The molecule has 0 unspecified atom stereocenters. The number of nitriles is 1. The summed E-state index contributed by atoms with van der Waals surface area (Å²) >= 11 is 0. The second kappa shape index (κ2) is 7.38. The van der Waals surface area contributed by atoms with Crippen molar-refractivity contribution in [2.75, 3.05) is 18.1 Å². The molecule has 6 nitrogen and oxygen atoms in total. The highest BCUT2D eigenvalue weighted by atomic mass is 16.5. The number of hydrogen-bond donors (Lipinski definition) is 2. The van der Waals surface area contributed by atoms with Crippen LogP contribution in [0.15, 0.2) is 24.3 Å². The van der Waals surface area contributed by atoms with Gasteiger partial charge in [0, 0.05) is 12.2 Å². The molecular formula is C16H19N5O. The van der Waals surface area contributed by atoms with Gasteiger partial charge in [-0.05, 0) is 12.0 Å². The van der Waals surface area contributed by atoms with E-state index >= 15 is 0 Å². The topological polar surface area (TPSA) is 111 Å². The molecule has 0 aliphatic heterocycles. The second-order valence-electron chi connectivity index (χ2n) is 4.87. The van der Waals surface area contributed by atoms with Crippen molar-refractivity contribution in [1.29, 1.82) is 5.26 Å². The van der Waals surface area contributed by atoms with E-state index < -0.39 is 0 Å². The number of benzene rings is 1. The van der Waals surface area contributed by atoms with Crippen LogP contribution in [0.3, 0.4) is 0 Å². The highest BCUT2D eigenvalue weighted by Gasteiger charge is 2.15. The lowest BCUT2D eigenvalue weighted by atomic mass is 10.0. The van der Waals surface area contributed by atoms with Crippen LogP contribution in [0.4, 0.5) is 11.8 Å². The van der Waals surface area contributed by atoms with E-state index in [1.54, 1.807) is 0 Å². The minimum Gasteiger partial charge on any atom is -0.382 e. The molecule has 1 aromatic carbocycles. The molecule has 0 spiro atoms. The van der Waals surface area contributed by atoms with Gasteiger partial charge in [-0.15, -0.1) is 0 Å². The van der Waals surface area contributed by atoms with E-state index in [0.29, 0.717) is 18.9 Å². The number of rotatable bonds is 6. The number of unbranched alkanes of at least 4 members (excludes halogenated alkanes) is 1. The maximum Gasteiger partial charge on any atom is 0.222 e. The maximum atomic E-state index is 9.31. The third-order valence-electron chi connectivity index (χ3n) is 3.24. The molecule has 6 heteroatoms. The van der Waals surface area contributed by atoms with E-state index in [9.17, 15) is 5.26 Å². The molecule has 0 bridgehead atoms. The summed E-state index contributed by atoms with van der Waals surface area (Å²) < 4.78 is 5.67. The fourth-order valence-electron chi connectivity index (χ4n) is 2.11. The van der Waals surface area contributed by atoms with Crippen LogP contribution in [0, 0.1) is 11.3 Å². The van der Waals surface area contributed by atoms with E-state index in [2.05, 4.69) is 16.9 Å². The van der Waals surface area contributed by atoms with Crippen molar-refractivity contribution in [2.45, 2.75) is 26.4 Å². The van der Waals surface area contributed by atoms with E-state index in [1.807, 2.05) is 30.3 Å². The largest absolute Gasteiger partial charge is 0.382 e. The van der Waals surface area contributed by atoms with Crippen molar-refractivity contribution >= 4 is 11.8 Å². The smallest absolute Gasteiger partial charge is 0.222 e. The predicted octanol–water partition coefficient (Wildman–Crippen LogP) is 2.50. The van der Waals surface area contributed by atoms with Crippen LogP contribution < -0.4 is 11.5 Å². The summed E-state index contributed by atoms with van der Waals surface area (Å²) in [5.74, 6) is 0.139. The summed E-state index contributed by atoms with van der Waals surface area (Å²) in [4.78, 5) is 8.03. The van der Waals surface area contributed by atoms with Gasteiger partial charge in [0.05, 0.1) is 12.3 Å². The lowest BCUT2D eigenvalue weighted by Crippen LogP contribution is -2.06. The minimum absolute atomic E-state index is 0.0493. The van der Waals surface area contributed by atoms with Gasteiger partial charge in [-0.25, -0.2) is 4.98 Å². The van der Waals surface area contributed by atoms with E-state index in [1.165, 1.54) is 0 Å². The Balaban J connectivity index is 2.39. The van der Waals surface area contributed by atoms with Gasteiger partial charge in [0.1, 0.15) is 17.5 Å². The molecule has 0 radical (unpaired) electrons. The van der Waals surface area contributed by atoms with Crippen molar-refractivity contribution in [3.05, 3.63) is 35.4 Å². The minimum atomic E-state index is 0.0493. The summed E-state index contributed by atoms with van der Waals surface area (Å²) in [5, 5.41) is 9.31. The molecule has 0 aliphatic carbocycles. The molecule has 0 aliphatic rings. The first-order valence-electron chi connectivity index (χ1n) is 7.16. The van der Waals surface area contributed by atoms with Crippen molar-refractivity contribution in [1.82, 2.24) is 9.97 Å². The summed E-state index contributed by atoms with van der Waals surface area (Å²) in [6.07, 6.45) is 2.10. The lowest BCUT2D eigenvalue weighted by Gasteiger charge is -2.12. The monoisotopic (exact) mass is 297 g/mol. The number of nitrogen functional groups attached to an aromatic ring is 2. The first-order chi connectivity index (χ1) is 10.7. The maximum absolute atomic E-state index is 9.31. The zero-order valence-corrected chi connectivity index (χ0v) is 12.5. The fraction of sp³-hybridized carbons (Fsp3) is 0.312. The zero-order chi connectivity index (χ0) is 15.9. The van der Waals surface area contributed by atoms with Crippen molar-refractivity contribution < 1.29 is 4.74 Å². The van der Waals surface area contributed by atoms with Crippen LogP contribution in [0.2, 0.25) is 0 Å². The Bertz CT molecular complexity index is 693. The zero-order valence-electron chi connectivity index (χ0n) is 12.5. The van der Waals surface area contributed by atoms with Gasteiger partial charge in [0.15, 0.2) is 0 Å². The van der Waals surface area contributed by atoms with Gasteiger partial charge in [-0.2, -0.15) is 10.2 Å². The summed E-state index contributed by atoms with van der Waals surface area (Å²) in [6, 6.07) is 9.66. The molecule has 0 amide bonds. The van der Waals surface area contributed by atoms with Gasteiger partial charge in [0.2, 0.25) is 5.95 Å². The van der Waals surface area contributed by atoms with Gasteiger partial charge in [-0.1, -0.05) is 37.6 Å². The number of aromatic nitrogens is 2. The molecule has 4 N–H and O–H groups in total. The number of nitrogens with two attached hydrogens (primary N) is 2. The Hall–Kier alpha value is -2.65. The lowest BCUT2D eigenvalue weighted by molar-refractivity contribution is 0.118. The predicted molar refractivity (Wildman–Crippen MR) is 85.6 cm³/mol. The Morgan fingerprint density at radius 1 is 1.23 bits per heavy atom. The van der Waals surface area contributed by atoms with Crippen molar-refractivity contribution in [2.24, 2.45) is 0 Å². The first-order valence-corrected chi connectivity index (χ1v) is 7.16. The number of hydrogen-bond acceptors (Lipinski definition) is 6. The standard InChI is InChI=1S/C16H19N5O/c1-2-3-8-22-10-11-6-4-5-7-12(11)14-13(9-17)15(18)21-16(19)20-14/h4-7H,2-3,8,10H2,1H3,(H4,18,19,20,21). The number of anilines is 2. The Kier molecular flexibility index (Phi) is 5.28. The van der Waals surface area contributed by atoms with Crippen LogP contribution in [0.25, 0.3) is 11.3 Å². The molecule has 0 atom stereocenters. The number of nitrogens with zero attached hydrogens (tertiary/aromatic N) is 3.